The number of hydrogen-bond donors (Lipinski definition) is 1. The van der Waals surface area contributed by atoms with Crippen molar-refractivity contribution in [1.82, 2.24) is 20.0 Å². The predicted octanol–water partition coefficient (Wildman–Crippen LogP) is 4.60. The van der Waals surface area contributed by atoms with Gasteiger partial charge in [0.15, 0.2) is 0 Å². The van der Waals surface area contributed by atoms with E-state index in [-0.39, 0.29) is 24.9 Å². The van der Waals surface area contributed by atoms with E-state index in [9.17, 15) is 14.4 Å². The smallest absolute Gasteiger partial charge is 0.410 e. The van der Waals surface area contributed by atoms with Crippen LogP contribution in [0.1, 0.15) is 31.9 Å². The van der Waals surface area contributed by atoms with Crippen molar-refractivity contribution < 1.29 is 28.6 Å². The van der Waals surface area contributed by atoms with Crippen molar-refractivity contribution in [2.75, 3.05) is 52.4 Å². The maximum Gasteiger partial charge on any atom is 0.410 e. The highest BCUT2D eigenvalue weighted by atomic mass is 16.6. The summed E-state index contributed by atoms with van der Waals surface area (Å²) in [4.78, 5) is 41.7. The molecule has 0 radical (unpaired) electrons. The van der Waals surface area contributed by atoms with Crippen LogP contribution in [0.15, 0.2) is 60.7 Å². The van der Waals surface area contributed by atoms with Gasteiger partial charge < -0.3 is 34.2 Å². The normalized spacial score (nSPS) is 24.1. The lowest BCUT2D eigenvalue weighted by Crippen LogP contribution is -2.38. The molecular weight excluding hydrogens is 548 g/mol. The van der Waals surface area contributed by atoms with Crippen LogP contribution in [-0.2, 0) is 27.4 Å². The molecule has 0 spiro atoms. The van der Waals surface area contributed by atoms with Gasteiger partial charge in [-0.05, 0) is 43.7 Å². The van der Waals surface area contributed by atoms with Crippen LogP contribution in [0.4, 0.5) is 14.4 Å². The average Bonchev–Trinajstić information content (AvgIpc) is 3.76. The molecule has 232 valence electrons. The van der Waals surface area contributed by atoms with Crippen molar-refractivity contribution in [2.45, 2.75) is 39.6 Å². The molecule has 1 N–H and O–H groups in total. The lowest BCUT2D eigenvalue weighted by molar-refractivity contribution is 0.0274. The quantitative estimate of drug-likeness (QED) is 0.518. The zero-order chi connectivity index (χ0) is 30.4. The Kier molecular flexibility index (Phi) is 9.75. The first-order valence-corrected chi connectivity index (χ1v) is 15.2. The Morgan fingerprint density at radius 1 is 0.628 bits per heavy atom. The maximum atomic E-state index is 12.3. The predicted molar refractivity (Wildman–Crippen MR) is 161 cm³/mol. The van der Waals surface area contributed by atoms with Crippen LogP contribution in [0.3, 0.4) is 0 Å². The van der Waals surface area contributed by atoms with Crippen molar-refractivity contribution in [3.63, 3.8) is 0 Å². The Hall–Kier alpha value is -3.79. The summed E-state index contributed by atoms with van der Waals surface area (Å²) < 4.78 is 16.2. The van der Waals surface area contributed by atoms with E-state index in [2.05, 4.69) is 5.32 Å². The second-order valence-corrected chi connectivity index (χ2v) is 13.0. The fraction of sp³-hybridized carbons (Fsp3) is 0.545. The number of nitrogens with zero attached hydrogens (tertiary/aromatic N) is 3. The number of ether oxygens (including phenoxy) is 3. The largest absolute Gasteiger partial charge is 0.445 e. The van der Waals surface area contributed by atoms with Crippen molar-refractivity contribution in [3.8, 4) is 0 Å². The van der Waals surface area contributed by atoms with Gasteiger partial charge in [-0.3, -0.25) is 0 Å². The molecule has 4 aliphatic rings. The van der Waals surface area contributed by atoms with E-state index in [0.717, 1.165) is 37.3 Å². The molecule has 4 atom stereocenters. The number of benzene rings is 2. The van der Waals surface area contributed by atoms with Crippen molar-refractivity contribution in [3.05, 3.63) is 71.8 Å². The third-order valence-electron chi connectivity index (χ3n) is 8.45. The van der Waals surface area contributed by atoms with Crippen molar-refractivity contribution in [2.24, 2.45) is 23.7 Å². The summed E-state index contributed by atoms with van der Waals surface area (Å²) in [6.07, 6.45) is -0.713. The Morgan fingerprint density at radius 2 is 1.00 bits per heavy atom. The molecule has 0 aromatic heterocycles. The first-order chi connectivity index (χ1) is 20.6. The summed E-state index contributed by atoms with van der Waals surface area (Å²) in [5, 5.41) is 3.36. The molecule has 0 saturated carbocycles. The van der Waals surface area contributed by atoms with Gasteiger partial charge >= 0.3 is 18.3 Å². The minimum absolute atomic E-state index is 0.173. The number of fused-ring (bicyclic) bond motifs is 2. The van der Waals surface area contributed by atoms with Crippen molar-refractivity contribution in [1.29, 1.82) is 0 Å². The highest BCUT2D eigenvalue weighted by Crippen LogP contribution is 2.32. The summed E-state index contributed by atoms with van der Waals surface area (Å²) in [6.45, 7) is 12.6. The van der Waals surface area contributed by atoms with Crippen LogP contribution in [0, 0.1) is 23.7 Å². The van der Waals surface area contributed by atoms with Gasteiger partial charge in [0.25, 0.3) is 0 Å². The van der Waals surface area contributed by atoms with Gasteiger partial charge in [0.05, 0.1) is 0 Å². The Morgan fingerprint density at radius 3 is 1.40 bits per heavy atom. The second-order valence-electron chi connectivity index (χ2n) is 13.0. The number of carbonyl (C=O) groups excluding carboxylic acids is 3. The number of carbonyl (C=O) groups is 3. The minimum Gasteiger partial charge on any atom is -0.445 e. The van der Waals surface area contributed by atoms with E-state index in [1.807, 2.05) is 86.3 Å². The molecular formula is C33H44N4O6. The molecule has 4 unspecified atom stereocenters. The number of hydrogen-bond acceptors (Lipinski definition) is 7. The van der Waals surface area contributed by atoms with E-state index in [4.69, 9.17) is 14.2 Å². The molecule has 4 saturated heterocycles. The first-order valence-electron chi connectivity index (χ1n) is 15.2. The van der Waals surface area contributed by atoms with E-state index < -0.39 is 5.60 Å². The molecule has 4 aliphatic heterocycles. The highest BCUT2D eigenvalue weighted by Gasteiger charge is 2.44. The third-order valence-corrected chi connectivity index (χ3v) is 8.45. The molecule has 10 heteroatoms. The van der Waals surface area contributed by atoms with Gasteiger partial charge in [-0.15, -0.1) is 0 Å². The molecule has 43 heavy (non-hydrogen) atoms. The van der Waals surface area contributed by atoms with E-state index in [1.165, 1.54) is 0 Å². The van der Waals surface area contributed by atoms with Crippen LogP contribution in [0.5, 0.6) is 0 Å². The molecule has 3 amide bonds. The van der Waals surface area contributed by atoms with Gasteiger partial charge in [0.1, 0.15) is 18.8 Å². The van der Waals surface area contributed by atoms with Crippen LogP contribution < -0.4 is 5.32 Å². The SMILES string of the molecule is CC(C)(C)OC(=O)N1CC2CN(C(=O)OCc3ccccc3)CC2C1.O=C(OCc1ccccc1)N1CC2CNCC2C1. The summed E-state index contributed by atoms with van der Waals surface area (Å²) in [5.41, 5.74) is 1.53. The number of amides is 3. The third kappa shape index (κ3) is 8.40. The van der Waals surface area contributed by atoms with Crippen LogP contribution in [0.25, 0.3) is 0 Å². The summed E-state index contributed by atoms with van der Waals surface area (Å²) in [5.74, 6) is 1.84. The molecule has 4 heterocycles. The fourth-order valence-electron chi connectivity index (χ4n) is 6.24. The number of likely N-dealkylation sites (tertiary alicyclic amines) is 3. The second kappa shape index (κ2) is 13.7. The number of nitrogens with one attached hydrogen (secondary N) is 1. The first kappa shape index (κ1) is 30.7. The Balaban J connectivity index is 0.000000180. The molecule has 6 rings (SSSR count). The summed E-state index contributed by atoms with van der Waals surface area (Å²) >= 11 is 0. The van der Waals surface area contributed by atoms with Gasteiger partial charge in [-0.1, -0.05) is 60.7 Å². The number of rotatable bonds is 4. The monoisotopic (exact) mass is 592 g/mol. The van der Waals surface area contributed by atoms with Gasteiger partial charge in [-0.2, -0.15) is 0 Å². The van der Waals surface area contributed by atoms with E-state index in [1.54, 1.807) is 9.80 Å². The lowest BCUT2D eigenvalue weighted by Gasteiger charge is -2.25. The Labute approximate surface area is 254 Å². The molecule has 4 fully saturated rings. The van der Waals surface area contributed by atoms with E-state index >= 15 is 0 Å². The Bertz CT molecular complexity index is 1210. The molecule has 2 aromatic carbocycles. The molecule has 0 aliphatic carbocycles. The van der Waals surface area contributed by atoms with Crippen LogP contribution >= 0.6 is 0 Å². The summed E-state index contributed by atoms with van der Waals surface area (Å²) in [7, 11) is 0. The maximum absolute atomic E-state index is 12.3. The molecule has 2 aromatic rings. The van der Waals surface area contributed by atoms with Gasteiger partial charge in [0.2, 0.25) is 0 Å². The zero-order valence-electron chi connectivity index (χ0n) is 25.4. The van der Waals surface area contributed by atoms with Crippen LogP contribution in [0.2, 0.25) is 0 Å². The fourth-order valence-corrected chi connectivity index (χ4v) is 6.24. The summed E-state index contributed by atoms with van der Waals surface area (Å²) in [6, 6.07) is 19.5. The molecule has 0 bridgehead atoms. The van der Waals surface area contributed by atoms with E-state index in [0.29, 0.717) is 56.5 Å². The van der Waals surface area contributed by atoms with Crippen molar-refractivity contribution >= 4 is 18.3 Å². The minimum atomic E-state index is -0.484. The topological polar surface area (TPSA) is 101 Å². The zero-order valence-corrected chi connectivity index (χ0v) is 25.4. The average molecular weight is 593 g/mol. The lowest BCUT2D eigenvalue weighted by atomic mass is 10.0. The standard InChI is InChI=1S/C19H26N2O4.C14H18N2O2/c1-19(2,3)25-18(23)21-11-15-9-20(10-16(15)12-21)17(22)24-13-14-7-5-4-6-8-14;17-14(18-10-11-4-2-1-3-5-11)16-8-12-6-15-7-13(12)9-16/h4-8,15-16H,9-13H2,1-3H3;1-5,12-13,15H,6-10H2. The molecule has 10 nitrogen and oxygen atoms in total. The van der Waals surface area contributed by atoms with Gasteiger partial charge in [0, 0.05) is 64.2 Å². The van der Waals surface area contributed by atoms with Gasteiger partial charge in [-0.25, -0.2) is 14.4 Å². The van der Waals surface area contributed by atoms with Crippen LogP contribution in [-0.4, -0.2) is 90.9 Å². The highest BCUT2D eigenvalue weighted by molar-refractivity contribution is 5.70.